The van der Waals surface area contributed by atoms with E-state index in [9.17, 15) is 18.0 Å². The van der Waals surface area contributed by atoms with Crippen LogP contribution in [0.3, 0.4) is 0 Å². The van der Waals surface area contributed by atoms with Crippen molar-refractivity contribution in [3.8, 4) is 5.88 Å². The molecule has 0 spiro atoms. The van der Waals surface area contributed by atoms with Gasteiger partial charge in [0.1, 0.15) is 6.10 Å². The minimum atomic E-state index is -4.43. The van der Waals surface area contributed by atoms with Crippen molar-refractivity contribution in [2.24, 2.45) is 0 Å². The van der Waals surface area contributed by atoms with Crippen LogP contribution in [0.4, 0.5) is 18.0 Å². The third-order valence-electron chi connectivity index (χ3n) is 3.11. The number of nitrogens with one attached hydrogen (secondary N) is 1. The number of carbonyl (C=O) groups excluding carboxylic acids is 1. The predicted octanol–water partition coefficient (Wildman–Crippen LogP) is 2.28. The average Bonchev–Trinajstić information content (AvgIpc) is 2.87. The molecule has 0 aromatic carbocycles. The molecule has 0 bridgehead atoms. The summed E-state index contributed by atoms with van der Waals surface area (Å²) in [5, 5.41) is 2.67. The second kappa shape index (κ2) is 6.19. The van der Waals surface area contributed by atoms with Crippen LogP contribution in [0.15, 0.2) is 18.3 Å². The predicted molar refractivity (Wildman–Crippen MR) is 68.9 cm³/mol. The maximum absolute atomic E-state index is 12.6. The van der Waals surface area contributed by atoms with Crippen molar-refractivity contribution < 1.29 is 22.7 Å². The first-order valence-corrected chi connectivity index (χ1v) is 6.63. The lowest BCUT2D eigenvalue weighted by Crippen LogP contribution is -2.39. The highest BCUT2D eigenvalue weighted by atomic mass is 19.4. The van der Waals surface area contributed by atoms with E-state index in [1.54, 1.807) is 4.90 Å². The number of amides is 2. The van der Waals surface area contributed by atoms with Gasteiger partial charge in [-0.25, -0.2) is 9.78 Å². The minimum absolute atomic E-state index is 0.0763. The van der Waals surface area contributed by atoms with Crippen LogP contribution in [0, 0.1) is 0 Å². The van der Waals surface area contributed by atoms with Crippen molar-refractivity contribution in [1.29, 1.82) is 0 Å². The zero-order valence-electron chi connectivity index (χ0n) is 11.5. The monoisotopic (exact) mass is 303 g/mol. The fraction of sp³-hybridized carbons (Fsp3) is 0.538. The number of likely N-dealkylation sites (tertiary alicyclic amines) is 1. The van der Waals surface area contributed by atoms with Gasteiger partial charge in [0.25, 0.3) is 0 Å². The van der Waals surface area contributed by atoms with Gasteiger partial charge < -0.3 is 15.0 Å². The molecule has 21 heavy (non-hydrogen) atoms. The number of pyridine rings is 1. The van der Waals surface area contributed by atoms with Crippen molar-refractivity contribution >= 4 is 6.03 Å². The summed E-state index contributed by atoms with van der Waals surface area (Å²) in [6, 6.07) is 1.57. The number of carbonyl (C=O) groups is 1. The SMILES string of the molecule is CCNC(=O)N1CCC(Oc2cc(C(F)(F)F)ccn2)C1. The molecule has 0 aliphatic carbocycles. The van der Waals surface area contributed by atoms with Crippen molar-refractivity contribution in [2.75, 3.05) is 19.6 Å². The highest BCUT2D eigenvalue weighted by Crippen LogP contribution is 2.30. The molecule has 0 radical (unpaired) electrons. The number of aromatic nitrogens is 1. The first-order valence-electron chi connectivity index (χ1n) is 6.63. The number of hydrogen-bond donors (Lipinski definition) is 1. The van der Waals surface area contributed by atoms with E-state index in [-0.39, 0.29) is 18.0 Å². The summed E-state index contributed by atoms with van der Waals surface area (Å²) in [6.07, 6.45) is -3.14. The zero-order chi connectivity index (χ0) is 15.5. The van der Waals surface area contributed by atoms with E-state index in [1.165, 1.54) is 0 Å². The van der Waals surface area contributed by atoms with Gasteiger partial charge in [0.15, 0.2) is 0 Å². The van der Waals surface area contributed by atoms with Gasteiger partial charge >= 0.3 is 12.2 Å². The Bertz CT molecular complexity index is 508. The van der Waals surface area contributed by atoms with Crippen molar-refractivity contribution in [3.05, 3.63) is 23.9 Å². The van der Waals surface area contributed by atoms with Crippen LogP contribution in [0.1, 0.15) is 18.9 Å². The lowest BCUT2D eigenvalue weighted by molar-refractivity contribution is -0.137. The van der Waals surface area contributed by atoms with Gasteiger partial charge in [0.2, 0.25) is 5.88 Å². The van der Waals surface area contributed by atoms with Gasteiger partial charge in [0, 0.05) is 31.8 Å². The number of rotatable bonds is 3. The normalized spacial score (nSPS) is 18.7. The molecule has 2 amide bonds. The van der Waals surface area contributed by atoms with Crippen LogP contribution < -0.4 is 10.1 Å². The van der Waals surface area contributed by atoms with Gasteiger partial charge in [-0.2, -0.15) is 13.2 Å². The van der Waals surface area contributed by atoms with Gasteiger partial charge in [-0.15, -0.1) is 0 Å². The standard InChI is InChI=1S/C13H16F3N3O2/c1-2-17-12(20)19-6-4-10(8-19)21-11-7-9(3-5-18-11)13(14,15)16/h3,5,7,10H,2,4,6,8H2,1H3,(H,17,20). The third-order valence-corrected chi connectivity index (χ3v) is 3.11. The summed E-state index contributed by atoms with van der Waals surface area (Å²) < 4.78 is 43.2. The fourth-order valence-corrected chi connectivity index (χ4v) is 2.09. The van der Waals surface area contributed by atoms with Crippen molar-refractivity contribution in [2.45, 2.75) is 25.6 Å². The highest BCUT2D eigenvalue weighted by Gasteiger charge is 2.32. The fourth-order valence-electron chi connectivity index (χ4n) is 2.09. The maximum Gasteiger partial charge on any atom is 0.416 e. The molecule has 1 fully saturated rings. The van der Waals surface area contributed by atoms with Crippen LogP contribution in [0.5, 0.6) is 5.88 Å². The lowest BCUT2D eigenvalue weighted by atomic mass is 10.2. The van der Waals surface area contributed by atoms with Crippen LogP contribution in [0.2, 0.25) is 0 Å². The van der Waals surface area contributed by atoms with Gasteiger partial charge in [0.05, 0.1) is 12.1 Å². The van der Waals surface area contributed by atoms with Gasteiger partial charge in [-0.3, -0.25) is 0 Å². The molecule has 2 heterocycles. The van der Waals surface area contributed by atoms with E-state index < -0.39 is 11.7 Å². The topological polar surface area (TPSA) is 54.5 Å². The first-order chi connectivity index (χ1) is 9.90. The molecule has 1 aromatic heterocycles. The van der Waals surface area contributed by atoms with Crippen LogP contribution in [-0.2, 0) is 6.18 Å². The molecule has 1 unspecified atom stereocenters. The van der Waals surface area contributed by atoms with Crippen LogP contribution >= 0.6 is 0 Å². The largest absolute Gasteiger partial charge is 0.472 e. The lowest BCUT2D eigenvalue weighted by Gasteiger charge is -2.17. The summed E-state index contributed by atoms with van der Waals surface area (Å²) in [6.45, 7) is 3.18. The molecular formula is C13H16F3N3O2. The van der Waals surface area contributed by atoms with Gasteiger partial charge in [-0.05, 0) is 13.0 Å². The molecule has 2 rings (SSSR count). The Kier molecular flexibility index (Phi) is 4.54. The number of ether oxygens (including phenoxy) is 1. The van der Waals surface area contributed by atoms with Crippen LogP contribution in [0.25, 0.3) is 0 Å². The molecule has 1 saturated heterocycles. The molecule has 0 saturated carbocycles. The number of hydrogen-bond acceptors (Lipinski definition) is 3. The highest BCUT2D eigenvalue weighted by molar-refractivity contribution is 5.74. The molecule has 5 nitrogen and oxygen atoms in total. The summed E-state index contributed by atoms with van der Waals surface area (Å²) in [5.41, 5.74) is -0.800. The molecule has 116 valence electrons. The summed E-state index contributed by atoms with van der Waals surface area (Å²) in [5.74, 6) is -0.0763. The summed E-state index contributed by atoms with van der Waals surface area (Å²) in [7, 11) is 0. The van der Waals surface area contributed by atoms with Gasteiger partial charge in [-0.1, -0.05) is 0 Å². The third kappa shape index (κ3) is 3.99. The van der Waals surface area contributed by atoms with E-state index >= 15 is 0 Å². The number of nitrogens with zero attached hydrogens (tertiary/aromatic N) is 2. The molecule has 1 N–H and O–H groups in total. The number of halogens is 3. The van der Waals surface area contributed by atoms with Crippen LogP contribution in [-0.4, -0.2) is 41.7 Å². The van der Waals surface area contributed by atoms with Crippen molar-refractivity contribution in [1.82, 2.24) is 15.2 Å². The van der Waals surface area contributed by atoms with E-state index in [1.807, 2.05) is 6.92 Å². The number of alkyl halides is 3. The second-order valence-electron chi connectivity index (χ2n) is 4.69. The second-order valence-corrected chi connectivity index (χ2v) is 4.69. The first kappa shape index (κ1) is 15.4. The Labute approximate surface area is 120 Å². The molecular weight excluding hydrogens is 287 g/mol. The smallest absolute Gasteiger partial charge is 0.416 e. The molecule has 1 aliphatic rings. The molecule has 8 heteroatoms. The molecule has 1 aromatic rings. The average molecular weight is 303 g/mol. The minimum Gasteiger partial charge on any atom is -0.472 e. The molecule has 1 atom stereocenters. The van der Waals surface area contributed by atoms with E-state index in [2.05, 4.69) is 10.3 Å². The van der Waals surface area contributed by atoms with Crippen molar-refractivity contribution in [3.63, 3.8) is 0 Å². The quantitative estimate of drug-likeness (QED) is 0.932. The number of urea groups is 1. The Morgan fingerprint density at radius 1 is 1.57 bits per heavy atom. The Morgan fingerprint density at radius 3 is 3.00 bits per heavy atom. The summed E-state index contributed by atoms with van der Waals surface area (Å²) in [4.78, 5) is 17.0. The zero-order valence-corrected chi connectivity index (χ0v) is 11.5. The Hall–Kier alpha value is -1.99. The van der Waals surface area contributed by atoms with E-state index in [4.69, 9.17) is 4.74 Å². The summed E-state index contributed by atoms with van der Waals surface area (Å²) >= 11 is 0. The van der Waals surface area contributed by atoms with E-state index in [0.29, 0.717) is 26.1 Å². The Balaban J connectivity index is 1.96. The molecule has 1 aliphatic heterocycles. The van der Waals surface area contributed by atoms with E-state index in [0.717, 1.165) is 18.3 Å². The maximum atomic E-state index is 12.6. The Morgan fingerprint density at radius 2 is 2.33 bits per heavy atom.